The third kappa shape index (κ3) is 6.33. The Kier molecular flexibility index (Phi) is 7.12. The molecule has 4 N–H and O–H groups in total. The van der Waals surface area contributed by atoms with E-state index >= 15 is 0 Å². The van der Waals surface area contributed by atoms with Gasteiger partial charge in [-0.25, -0.2) is 4.79 Å². The number of halogens is 2. The average Bonchev–Trinajstić information content (AvgIpc) is 2.45. The van der Waals surface area contributed by atoms with E-state index in [4.69, 9.17) is 38.8 Å². The number of ether oxygens (including phenoxy) is 1. The van der Waals surface area contributed by atoms with Gasteiger partial charge in [0.25, 0.3) is 5.91 Å². The molecule has 126 valence electrons. The Hall–Kier alpha value is -1.99. The smallest absolute Gasteiger partial charge is 0.326 e. The molecule has 9 heteroatoms. The van der Waals surface area contributed by atoms with Gasteiger partial charge in [0.15, 0.2) is 6.10 Å². The zero-order chi connectivity index (χ0) is 17.6. The Bertz CT molecular complexity index is 609. The topological polar surface area (TPSA) is 119 Å². The second-order valence-electron chi connectivity index (χ2n) is 4.74. The van der Waals surface area contributed by atoms with Crippen molar-refractivity contribution >= 4 is 41.0 Å². The van der Waals surface area contributed by atoms with E-state index in [1.807, 2.05) is 0 Å². The summed E-state index contributed by atoms with van der Waals surface area (Å²) in [6.07, 6.45) is -1.26. The summed E-state index contributed by atoms with van der Waals surface area (Å²) < 4.78 is 5.38. The lowest BCUT2D eigenvalue weighted by atomic mass is 10.1. The number of nitrogens with one attached hydrogen (secondary N) is 1. The molecule has 0 saturated carbocycles. The highest BCUT2D eigenvalue weighted by Gasteiger charge is 2.24. The van der Waals surface area contributed by atoms with Gasteiger partial charge in [-0.2, -0.15) is 0 Å². The number of carbonyl (C=O) groups is 3. The van der Waals surface area contributed by atoms with Crippen molar-refractivity contribution in [3.05, 3.63) is 28.2 Å². The number of amides is 2. The summed E-state index contributed by atoms with van der Waals surface area (Å²) in [5.74, 6) is -2.34. The summed E-state index contributed by atoms with van der Waals surface area (Å²) in [7, 11) is 0. The van der Waals surface area contributed by atoms with E-state index < -0.39 is 29.9 Å². The largest absolute Gasteiger partial charge is 0.480 e. The zero-order valence-electron chi connectivity index (χ0n) is 12.2. The number of rotatable bonds is 8. The lowest BCUT2D eigenvalue weighted by molar-refractivity contribution is -0.143. The predicted molar refractivity (Wildman–Crippen MR) is 84.5 cm³/mol. The molecule has 2 amide bonds. The van der Waals surface area contributed by atoms with E-state index in [2.05, 4.69) is 5.32 Å². The summed E-state index contributed by atoms with van der Waals surface area (Å²) in [6.45, 7) is 1.44. The molecule has 0 aliphatic carbocycles. The van der Waals surface area contributed by atoms with Gasteiger partial charge in [0.05, 0.1) is 5.02 Å². The molecule has 0 aliphatic rings. The Balaban J connectivity index is 2.67. The van der Waals surface area contributed by atoms with Crippen LogP contribution in [0.2, 0.25) is 10.0 Å². The number of carbonyl (C=O) groups excluding carboxylic acids is 2. The standard InChI is InChI=1S/C14H16Cl2N2O5/c1-7(23-11-4-2-8(15)6-9(11)16)13(20)18-10(14(21)22)3-5-12(17)19/h2,4,6-7,10H,3,5H2,1H3,(H2,17,19)(H,18,20)(H,21,22). The molecule has 7 nitrogen and oxygen atoms in total. The third-order valence-electron chi connectivity index (χ3n) is 2.86. The molecule has 0 fully saturated rings. The molecule has 0 spiro atoms. The average molecular weight is 363 g/mol. The van der Waals surface area contributed by atoms with Crippen LogP contribution in [0.5, 0.6) is 5.75 Å². The highest BCUT2D eigenvalue weighted by atomic mass is 35.5. The third-order valence-corrected chi connectivity index (χ3v) is 3.39. The summed E-state index contributed by atoms with van der Waals surface area (Å²) in [4.78, 5) is 33.8. The Morgan fingerprint density at radius 2 is 2.00 bits per heavy atom. The van der Waals surface area contributed by atoms with Crippen LogP contribution >= 0.6 is 23.2 Å². The molecule has 2 unspecified atom stereocenters. The molecule has 23 heavy (non-hydrogen) atoms. The molecule has 0 aromatic heterocycles. The second kappa shape index (κ2) is 8.59. The maximum atomic E-state index is 12.0. The van der Waals surface area contributed by atoms with Gasteiger partial charge in [-0.15, -0.1) is 0 Å². The van der Waals surface area contributed by atoms with Gasteiger partial charge in [0.2, 0.25) is 5.91 Å². The van der Waals surface area contributed by atoms with Crippen molar-refractivity contribution in [3.8, 4) is 5.75 Å². The highest BCUT2D eigenvalue weighted by Crippen LogP contribution is 2.28. The van der Waals surface area contributed by atoms with Crippen LogP contribution in [0.4, 0.5) is 0 Å². The summed E-state index contributed by atoms with van der Waals surface area (Å²) in [5.41, 5.74) is 4.97. The Morgan fingerprint density at radius 3 is 2.52 bits per heavy atom. The minimum atomic E-state index is -1.27. The first-order valence-corrected chi connectivity index (χ1v) is 7.39. The molecule has 1 aromatic carbocycles. The minimum absolute atomic E-state index is 0.106. The fourth-order valence-electron chi connectivity index (χ4n) is 1.65. The molecule has 0 bridgehead atoms. The molecule has 0 radical (unpaired) electrons. The maximum Gasteiger partial charge on any atom is 0.326 e. The van der Waals surface area contributed by atoms with E-state index in [1.54, 1.807) is 6.07 Å². The Labute approximate surface area is 142 Å². The van der Waals surface area contributed by atoms with Crippen molar-refractivity contribution in [2.24, 2.45) is 5.73 Å². The fourth-order valence-corrected chi connectivity index (χ4v) is 2.10. The van der Waals surface area contributed by atoms with E-state index in [1.165, 1.54) is 19.1 Å². The van der Waals surface area contributed by atoms with E-state index in [0.29, 0.717) is 5.02 Å². The molecule has 0 aliphatic heterocycles. The predicted octanol–water partition coefficient (Wildman–Crippen LogP) is 1.60. The quantitative estimate of drug-likeness (QED) is 0.648. The summed E-state index contributed by atoms with van der Waals surface area (Å²) in [6, 6.07) is 3.26. The molecule has 0 saturated heterocycles. The van der Waals surface area contributed by atoms with Crippen molar-refractivity contribution in [1.82, 2.24) is 5.32 Å². The van der Waals surface area contributed by atoms with E-state index in [9.17, 15) is 14.4 Å². The number of primary amides is 1. The molecular weight excluding hydrogens is 347 g/mol. The van der Waals surface area contributed by atoms with E-state index in [-0.39, 0.29) is 23.6 Å². The number of carboxylic acid groups (broad SMARTS) is 1. The van der Waals surface area contributed by atoms with Gasteiger partial charge in [0, 0.05) is 11.4 Å². The molecule has 0 heterocycles. The first kappa shape index (κ1) is 19.1. The minimum Gasteiger partial charge on any atom is -0.480 e. The molecule has 1 rings (SSSR count). The van der Waals surface area contributed by atoms with E-state index in [0.717, 1.165) is 0 Å². The number of aliphatic carboxylic acids is 1. The second-order valence-corrected chi connectivity index (χ2v) is 5.58. The van der Waals surface area contributed by atoms with Crippen LogP contribution in [0, 0.1) is 0 Å². The molecule has 1 aromatic rings. The van der Waals surface area contributed by atoms with Crippen molar-refractivity contribution in [1.29, 1.82) is 0 Å². The van der Waals surface area contributed by atoms with Crippen LogP contribution in [0.15, 0.2) is 18.2 Å². The first-order chi connectivity index (χ1) is 10.7. The SMILES string of the molecule is CC(Oc1ccc(Cl)cc1Cl)C(=O)NC(CCC(N)=O)C(=O)O. The van der Waals surface area contributed by atoms with Crippen LogP contribution < -0.4 is 15.8 Å². The number of nitrogens with two attached hydrogens (primary N) is 1. The van der Waals surface area contributed by atoms with Gasteiger partial charge < -0.3 is 20.9 Å². The molecule has 2 atom stereocenters. The van der Waals surface area contributed by atoms with Crippen LogP contribution in [-0.2, 0) is 14.4 Å². The number of carboxylic acids is 1. The molecular formula is C14H16Cl2N2O5. The van der Waals surface area contributed by atoms with Crippen LogP contribution in [0.25, 0.3) is 0 Å². The van der Waals surface area contributed by atoms with Gasteiger partial charge in [-0.05, 0) is 31.5 Å². The van der Waals surface area contributed by atoms with Crippen LogP contribution in [-0.4, -0.2) is 35.0 Å². The van der Waals surface area contributed by atoms with Gasteiger partial charge in [0.1, 0.15) is 11.8 Å². The highest BCUT2D eigenvalue weighted by molar-refractivity contribution is 6.35. The van der Waals surface area contributed by atoms with Crippen molar-refractivity contribution < 1.29 is 24.2 Å². The van der Waals surface area contributed by atoms with Crippen LogP contribution in [0.3, 0.4) is 0 Å². The normalized spacial score (nSPS) is 13.0. The zero-order valence-corrected chi connectivity index (χ0v) is 13.7. The summed E-state index contributed by atoms with van der Waals surface area (Å²) in [5, 5.41) is 12.0. The van der Waals surface area contributed by atoms with Crippen molar-refractivity contribution in [3.63, 3.8) is 0 Å². The van der Waals surface area contributed by atoms with Gasteiger partial charge >= 0.3 is 5.97 Å². The lowest BCUT2D eigenvalue weighted by Gasteiger charge is -2.19. The van der Waals surface area contributed by atoms with Crippen LogP contribution in [0.1, 0.15) is 19.8 Å². The number of benzene rings is 1. The fraction of sp³-hybridized carbons (Fsp3) is 0.357. The first-order valence-electron chi connectivity index (χ1n) is 6.64. The number of hydrogen-bond acceptors (Lipinski definition) is 4. The van der Waals surface area contributed by atoms with Crippen molar-refractivity contribution in [2.75, 3.05) is 0 Å². The Morgan fingerprint density at radius 1 is 1.35 bits per heavy atom. The van der Waals surface area contributed by atoms with Gasteiger partial charge in [-0.3, -0.25) is 9.59 Å². The monoisotopic (exact) mass is 362 g/mol. The maximum absolute atomic E-state index is 12.0. The van der Waals surface area contributed by atoms with Gasteiger partial charge in [-0.1, -0.05) is 23.2 Å². The number of hydrogen-bond donors (Lipinski definition) is 3. The van der Waals surface area contributed by atoms with Crippen molar-refractivity contribution in [2.45, 2.75) is 31.9 Å². The lowest BCUT2D eigenvalue weighted by Crippen LogP contribution is -2.46. The summed E-state index contributed by atoms with van der Waals surface area (Å²) >= 11 is 11.7.